The molecule has 1 aliphatic heterocycles. The molecule has 2 amide bonds. The van der Waals surface area contributed by atoms with Gasteiger partial charge in [0.2, 0.25) is 11.8 Å². The maximum absolute atomic E-state index is 12.4. The molecule has 2 aromatic carbocycles. The first kappa shape index (κ1) is 18.0. The zero-order chi connectivity index (χ0) is 18.5. The van der Waals surface area contributed by atoms with Crippen molar-refractivity contribution in [2.24, 2.45) is 0 Å². The van der Waals surface area contributed by atoms with Gasteiger partial charge in [0.05, 0.1) is 17.9 Å². The Hall–Kier alpha value is -2.82. The van der Waals surface area contributed by atoms with Gasteiger partial charge in [0.25, 0.3) is 0 Å². The Kier molecular flexibility index (Phi) is 5.56. The zero-order valence-electron chi connectivity index (χ0n) is 15.3. The van der Waals surface area contributed by atoms with Gasteiger partial charge < -0.3 is 15.5 Å². The molecule has 0 atom stereocenters. The van der Waals surface area contributed by atoms with Crippen molar-refractivity contribution >= 4 is 28.9 Å². The quantitative estimate of drug-likeness (QED) is 0.827. The predicted molar refractivity (Wildman–Crippen MR) is 106 cm³/mol. The summed E-state index contributed by atoms with van der Waals surface area (Å²) in [5.41, 5.74) is 3.60. The van der Waals surface area contributed by atoms with E-state index < -0.39 is 0 Å². The first-order chi connectivity index (χ1) is 12.6. The summed E-state index contributed by atoms with van der Waals surface area (Å²) in [4.78, 5) is 26.2. The minimum atomic E-state index is -0.111. The van der Waals surface area contributed by atoms with E-state index >= 15 is 0 Å². The molecule has 2 N–H and O–H groups in total. The van der Waals surface area contributed by atoms with E-state index in [2.05, 4.69) is 24.5 Å². The van der Waals surface area contributed by atoms with Crippen LogP contribution in [-0.4, -0.2) is 24.9 Å². The summed E-state index contributed by atoms with van der Waals surface area (Å²) in [6.07, 6.45) is 1.46. The molecule has 0 spiro atoms. The lowest BCUT2D eigenvalue weighted by Gasteiger charge is -2.20. The third kappa shape index (κ3) is 4.04. The summed E-state index contributed by atoms with van der Waals surface area (Å²) in [6.45, 7) is 5.08. The molecule has 5 heteroatoms. The smallest absolute Gasteiger partial charge is 0.243 e. The Balaban J connectivity index is 1.67. The number of benzene rings is 2. The Morgan fingerprint density at radius 3 is 2.46 bits per heavy atom. The van der Waals surface area contributed by atoms with Crippen LogP contribution in [0.3, 0.4) is 0 Å². The van der Waals surface area contributed by atoms with Crippen molar-refractivity contribution in [1.82, 2.24) is 0 Å². The van der Waals surface area contributed by atoms with Gasteiger partial charge in [-0.1, -0.05) is 44.2 Å². The first-order valence-electron chi connectivity index (χ1n) is 9.08. The van der Waals surface area contributed by atoms with Crippen LogP contribution in [0.1, 0.15) is 38.2 Å². The fraction of sp³-hybridized carbons (Fsp3) is 0.333. The maximum atomic E-state index is 12.4. The average Bonchev–Trinajstić information content (AvgIpc) is 3.06. The van der Waals surface area contributed by atoms with E-state index in [9.17, 15) is 9.59 Å². The van der Waals surface area contributed by atoms with Crippen molar-refractivity contribution < 1.29 is 9.59 Å². The average molecular weight is 351 g/mol. The number of nitrogens with zero attached hydrogens (tertiary/aromatic N) is 1. The van der Waals surface area contributed by atoms with Crippen molar-refractivity contribution in [1.29, 1.82) is 0 Å². The van der Waals surface area contributed by atoms with Crippen molar-refractivity contribution in [2.45, 2.75) is 32.6 Å². The van der Waals surface area contributed by atoms with Gasteiger partial charge in [0, 0.05) is 18.7 Å². The highest BCUT2D eigenvalue weighted by Gasteiger charge is 2.23. The standard InChI is InChI=1S/C21H25N3O2/c1-15(2)16-8-3-4-9-17(16)23-20(25)14-22-18-10-5-6-11-19(18)24-13-7-12-21(24)26/h3-6,8-11,15,22H,7,12-14H2,1-2H3,(H,23,25). The van der Waals surface area contributed by atoms with Crippen molar-refractivity contribution in [3.63, 3.8) is 0 Å². The highest BCUT2D eigenvalue weighted by atomic mass is 16.2. The van der Waals surface area contributed by atoms with Gasteiger partial charge in [-0.2, -0.15) is 0 Å². The van der Waals surface area contributed by atoms with Crippen molar-refractivity contribution in [2.75, 3.05) is 28.6 Å². The second-order valence-corrected chi connectivity index (χ2v) is 6.81. The molecule has 0 bridgehead atoms. The van der Waals surface area contributed by atoms with Crippen LogP contribution in [0, 0.1) is 0 Å². The topological polar surface area (TPSA) is 61.4 Å². The number of nitrogens with one attached hydrogen (secondary N) is 2. The molecule has 1 saturated heterocycles. The second kappa shape index (κ2) is 8.04. The van der Waals surface area contributed by atoms with Crippen LogP contribution in [0.25, 0.3) is 0 Å². The fourth-order valence-corrected chi connectivity index (χ4v) is 3.25. The highest BCUT2D eigenvalue weighted by molar-refractivity contribution is 5.99. The Bertz CT molecular complexity index is 801. The SMILES string of the molecule is CC(C)c1ccccc1NC(=O)CNc1ccccc1N1CCCC1=O. The monoisotopic (exact) mass is 351 g/mol. The molecular formula is C21H25N3O2. The van der Waals surface area contributed by atoms with Gasteiger partial charge in [-0.25, -0.2) is 0 Å². The third-order valence-electron chi connectivity index (χ3n) is 4.56. The van der Waals surface area contributed by atoms with Gasteiger partial charge in [0.15, 0.2) is 0 Å². The number of amides is 2. The molecule has 2 aromatic rings. The minimum absolute atomic E-state index is 0.111. The highest BCUT2D eigenvalue weighted by Crippen LogP contribution is 2.29. The molecule has 0 aromatic heterocycles. The molecule has 1 fully saturated rings. The summed E-state index contributed by atoms with van der Waals surface area (Å²) >= 11 is 0. The van der Waals surface area contributed by atoms with Gasteiger partial charge in [-0.3, -0.25) is 9.59 Å². The van der Waals surface area contributed by atoms with Crippen LogP contribution >= 0.6 is 0 Å². The number of hydrogen-bond donors (Lipinski definition) is 2. The molecule has 5 nitrogen and oxygen atoms in total. The maximum Gasteiger partial charge on any atom is 0.243 e. The predicted octanol–water partition coefficient (Wildman–Crippen LogP) is 3.99. The molecule has 0 unspecified atom stereocenters. The lowest BCUT2D eigenvalue weighted by molar-refractivity contribution is -0.117. The second-order valence-electron chi connectivity index (χ2n) is 6.81. The molecule has 1 aliphatic rings. The Morgan fingerprint density at radius 1 is 1.08 bits per heavy atom. The molecule has 26 heavy (non-hydrogen) atoms. The number of rotatable bonds is 6. The summed E-state index contributed by atoms with van der Waals surface area (Å²) in [5, 5.41) is 6.15. The molecule has 136 valence electrons. The molecule has 0 saturated carbocycles. The van der Waals surface area contributed by atoms with E-state index in [1.165, 1.54) is 0 Å². The number of carbonyl (C=O) groups excluding carboxylic acids is 2. The molecule has 1 heterocycles. The molecule has 0 aliphatic carbocycles. The van der Waals surface area contributed by atoms with E-state index in [-0.39, 0.29) is 18.4 Å². The molecule has 0 radical (unpaired) electrons. The molecule has 3 rings (SSSR count). The lowest BCUT2D eigenvalue weighted by Crippen LogP contribution is -2.27. The summed E-state index contributed by atoms with van der Waals surface area (Å²) in [7, 11) is 0. The normalized spacial score (nSPS) is 14.0. The van der Waals surface area contributed by atoms with E-state index in [0.717, 1.165) is 35.6 Å². The van der Waals surface area contributed by atoms with Crippen LogP contribution < -0.4 is 15.5 Å². The van der Waals surface area contributed by atoms with Crippen LogP contribution in [0.4, 0.5) is 17.1 Å². The number of hydrogen-bond acceptors (Lipinski definition) is 3. The minimum Gasteiger partial charge on any atom is -0.374 e. The van der Waals surface area contributed by atoms with Gasteiger partial charge in [-0.05, 0) is 36.1 Å². The van der Waals surface area contributed by atoms with Crippen molar-refractivity contribution in [3.8, 4) is 0 Å². The van der Waals surface area contributed by atoms with E-state index in [1.807, 2.05) is 48.5 Å². The van der Waals surface area contributed by atoms with Crippen molar-refractivity contribution in [3.05, 3.63) is 54.1 Å². The summed E-state index contributed by atoms with van der Waals surface area (Å²) in [5.74, 6) is 0.358. The van der Waals surface area contributed by atoms with Gasteiger partial charge in [0.1, 0.15) is 0 Å². The van der Waals surface area contributed by atoms with Crippen LogP contribution in [0.15, 0.2) is 48.5 Å². The van der Waals surface area contributed by atoms with Crippen LogP contribution in [0.2, 0.25) is 0 Å². The Morgan fingerprint density at radius 2 is 1.77 bits per heavy atom. The summed E-state index contributed by atoms with van der Waals surface area (Å²) < 4.78 is 0. The zero-order valence-corrected chi connectivity index (χ0v) is 15.3. The van der Waals surface area contributed by atoms with E-state index in [1.54, 1.807) is 4.90 Å². The number of para-hydroxylation sites is 3. The number of anilines is 3. The third-order valence-corrected chi connectivity index (χ3v) is 4.56. The largest absolute Gasteiger partial charge is 0.374 e. The lowest BCUT2D eigenvalue weighted by atomic mass is 10.0. The van der Waals surface area contributed by atoms with Gasteiger partial charge >= 0.3 is 0 Å². The summed E-state index contributed by atoms with van der Waals surface area (Å²) in [6, 6.07) is 15.5. The van der Waals surface area contributed by atoms with Gasteiger partial charge in [-0.15, -0.1) is 0 Å². The van der Waals surface area contributed by atoms with Crippen LogP contribution in [0.5, 0.6) is 0 Å². The molecular weight excluding hydrogens is 326 g/mol. The first-order valence-corrected chi connectivity index (χ1v) is 9.08. The fourth-order valence-electron chi connectivity index (χ4n) is 3.25. The Labute approximate surface area is 154 Å². The van der Waals surface area contributed by atoms with E-state index in [4.69, 9.17) is 0 Å². The van der Waals surface area contributed by atoms with Crippen LogP contribution in [-0.2, 0) is 9.59 Å². The van der Waals surface area contributed by atoms with E-state index in [0.29, 0.717) is 12.3 Å². The number of carbonyl (C=O) groups is 2.